The fourth-order valence-electron chi connectivity index (χ4n) is 2.52. The monoisotopic (exact) mass is 266 g/mol. The average molecular weight is 266 g/mol. The zero-order valence-corrected chi connectivity index (χ0v) is 11.7. The summed E-state index contributed by atoms with van der Waals surface area (Å²) in [6.07, 6.45) is 2.57. The molecular formula is C13H19N2O2P. The van der Waals surface area contributed by atoms with E-state index in [0.29, 0.717) is 13.1 Å². The van der Waals surface area contributed by atoms with Crippen LogP contribution in [0.5, 0.6) is 0 Å². The molecule has 5 heteroatoms. The van der Waals surface area contributed by atoms with Crippen LogP contribution in [0.4, 0.5) is 5.69 Å². The first-order chi connectivity index (χ1) is 8.57. The molecule has 4 nitrogen and oxygen atoms in total. The standard InChI is InChI=1S/C13H19N2O2P/c1-13(6-8-14(17)9-7-13)11-4-2-3-5-12(11)15(18)10-16/h2-5,10,17H,6-9,18H2,1H3. The number of hydrogen-bond acceptors (Lipinski definition) is 3. The molecule has 0 bridgehead atoms. The van der Waals surface area contributed by atoms with Gasteiger partial charge in [0.15, 0.2) is 0 Å². The Labute approximate surface area is 110 Å². The van der Waals surface area contributed by atoms with Gasteiger partial charge in [-0.1, -0.05) is 25.1 Å². The van der Waals surface area contributed by atoms with E-state index >= 15 is 0 Å². The highest BCUT2D eigenvalue weighted by Gasteiger charge is 2.33. The summed E-state index contributed by atoms with van der Waals surface area (Å²) in [6.45, 7) is 3.54. The summed E-state index contributed by atoms with van der Waals surface area (Å²) in [5.74, 6) is 0. The maximum Gasteiger partial charge on any atom is 0.217 e. The number of hydrogen-bond donors (Lipinski definition) is 1. The van der Waals surface area contributed by atoms with Crippen LogP contribution in [0.25, 0.3) is 0 Å². The van der Waals surface area contributed by atoms with Crippen molar-refractivity contribution >= 4 is 21.5 Å². The zero-order valence-electron chi connectivity index (χ0n) is 10.5. The molecule has 1 aromatic rings. The lowest BCUT2D eigenvalue weighted by Gasteiger charge is -2.39. The number of carbonyl (C=O) groups is 1. The Hall–Kier alpha value is -0.960. The number of hydroxylamine groups is 2. The number of piperidine rings is 1. The highest BCUT2D eigenvalue weighted by molar-refractivity contribution is 7.20. The third-order valence-corrected chi connectivity index (χ3v) is 4.19. The summed E-state index contributed by atoms with van der Waals surface area (Å²) >= 11 is 0. The van der Waals surface area contributed by atoms with Crippen LogP contribution < -0.4 is 4.67 Å². The second-order valence-corrected chi connectivity index (χ2v) is 5.60. The van der Waals surface area contributed by atoms with E-state index < -0.39 is 0 Å². The Bertz CT molecular complexity index is 431. The van der Waals surface area contributed by atoms with Crippen molar-refractivity contribution in [2.75, 3.05) is 17.8 Å². The smallest absolute Gasteiger partial charge is 0.217 e. The predicted molar refractivity (Wildman–Crippen MR) is 74.6 cm³/mol. The van der Waals surface area contributed by atoms with Gasteiger partial charge < -0.3 is 5.21 Å². The molecule has 1 N–H and O–H groups in total. The van der Waals surface area contributed by atoms with Crippen molar-refractivity contribution in [3.8, 4) is 0 Å². The summed E-state index contributed by atoms with van der Waals surface area (Å²) in [5.41, 5.74) is 2.10. The third-order valence-electron chi connectivity index (χ3n) is 3.79. The number of anilines is 1. The molecular weight excluding hydrogens is 247 g/mol. The lowest BCUT2D eigenvalue weighted by molar-refractivity contribution is -0.114. The Morgan fingerprint density at radius 2 is 2.00 bits per heavy atom. The summed E-state index contributed by atoms with van der Waals surface area (Å²) < 4.78 is 1.53. The number of nitrogens with zero attached hydrogens (tertiary/aromatic N) is 2. The second-order valence-electron chi connectivity index (χ2n) is 5.04. The van der Waals surface area contributed by atoms with E-state index in [2.05, 4.69) is 22.4 Å². The van der Waals surface area contributed by atoms with Crippen LogP contribution >= 0.6 is 9.39 Å². The number of benzene rings is 1. The first-order valence-corrected chi connectivity index (χ1v) is 6.61. The maximum atomic E-state index is 11.0. The van der Waals surface area contributed by atoms with E-state index in [1.165, 1.54) is 15.3 Å². The first-order valence-electron chi connectivity index (χ1n) is 6.09. The number of rotatable bonds is 3. The summed E-state index contributed by atoms with van der Waals surface area (Å²) in [6, 6.07) is 7.96. The van der Waals surface area contributed by atoms with Gasteiger partial charge in [-0.25, -0.2) is 0 Å². The summed E-state index contributed by atoms with van der Waals surface area (Å²) in [4.78, 5) is 11.0. The van der Waals surface area contributed by atoms with Crippen molar-refractivity contribution in [2.24, 2.45) is 0 Å². The minimum Gasteiger partial charge on any atom is -0.314 e. The molecule has 1 fully saturated rings. The van der Waals surface area contributed by atoms with Gasteiger partial charge in [-0.05, 0) is 39.3 Å². The normalized spacial score (nSPS) is 19.5. The molecule has 1 aliphatic heterocycles. The van der Waals surface area contributed by atoms with Gasteiger partial charge in [-0.15, -0.1) is 0 Å². The van der Waals surface area contributed by atoms with Crippen LogP contribution in [0.1, 0.15) is 25.3 Å². The molecule has 1 aliphatic rings. The van der Waals surface area contributed by atoms with Gasteiger partial charge in [0.05, 0.1) is 5.69 Å². The SMILES string of the molecule is CC1(c2ccccc2N(P)C=O)CCN(O)CC1. The predicted octanol–water partition coefficient (Wildman–Crippen LogP) is 2.18. The van der Waals surface area contributed by atoms with Crippen molar-refractivity contribution in [2.45, 2.75) is 25.2 Å². The fourth-order valence-corrected chi connectivity index (χ4v) is 2.75. The molecule has 98 valence electrons. The van der Waals surface area contributed by atoms with E-state index in [0.717, 1.165) is 24.9 Å². The van der Waals surface area contributed by atoms with Crippen molar-refractivity contribution < 1.29 is 10.0 Å². The molecule has 0 aromatic heterocycles. The highest BCUT2D eigenvalue weighted by Crippen LogP contribution is 2.40. The first kappa shape index (κ1) is 13.5. The van der Waals surface area contributed by atoms with Gasteiger partial charge in [-0.3, -0.25) is 9.46 Å². The minimum atomic E-state index is 0.00759. The second kappa shape index (κ2) is 5.35. The quantitative estimate of drug-likeness (QED) is 0.673. The van der Waals surface area contributed by atoms with Gasteiger partial charge in [-0.2, -0.15) is 5.06 Å². The topological polar surface area (TPSA) is 43.8 Å². The lowest BCUT2D eigenvalue weighted by Crippen LogP contribution is -2.39. The molecule has 0 radical (unpaired) electrons. The molecule has 1 unspecified atom stereocenters. The molecule has 1 saturated heterocycles. The molecule has 1 atom stereocenters. The summed E-state index contributed by atoms with van der Waals surface area (Å²) in [5, 5.41) is 10.8. The Morgan fingerprint density at radius 3 is 2.61 bits per heavy atom. The number of amides is 1. The Balaban J connectivity index is 2.35. The van der Waals surface area contributed by atoms with E-state index in [9.17, 15) is 10.0 Å². The van der Waals surface area contributed by atoms with Crippen molar-refractivity contribution in [3.63, 3.8) is 0 Å². The van der Waals surface area contributed by atoms with Gasteiger partial charge in [0.2, 0.25) is 6.41 Å². The van der Waals surface area contributed by atoms with E-state index in [1.54, 1.807) is 0 Å². The van der Waals surface area contributed by atoms with E-state index in [1.807, 2.05) is 18.2 Å². The van der Waals surface area contributed by atoms with Gasteiger partial charge in [0.25, 0.3) is 0 Å². The van der Waals surface area contributed by atoms with E-state index in [4.69, 9.17) is 0 Å². The van der Waals surface area contributed by atoms with Crippen LogP contribution in [0.2, 0.25) is 0 Å². The van der Waals surface area contributed by atoms with Crippen LogP contribution in [0.15, 0.2) is 24.3 Å². The van der Waals surface area contributed by atoms with Crippen LogP contribution in [-0.4, -0.2) is 29.8 Å². The minimum absolute atomic E-state index is 0.00759. The Kier molecular flexibility index (Phi) is 4.00. The van der Waals surface area contributed by atoms with Crippen molar-refractivity contribution in [1.29, 1.82) is 0 Å². The summed E-state index contributed by atoms with van der Waals surface area (Å²) in [7, 11) is 2.43. The molecule has 0 aliphatic carbocycles. The molecule has 1 aromatic carbocycles. The average Bonchev–Trinajstić information content (AvgIpc) is 2.41. The lowest BCUT2D eigenvalue weighted by atomic mass is 9.74. The molecule has 18 heavy (non-hydrogen) atoms. The zero-order chi connectivity index (χ0) is 13.2. The Morgan fingerprint density at radius 1 is 1.39 bits per heavy atom. The molecule has 0 spiro atoms. The van der Waals surface area contributed by atoms with Crippen molar-refractivity contribution in [1.82, 2.24) is 5.06 Å². The van der Waals surface area contributed by atoms with E-state index in [-0.39, 0.29) is 5.41 Å². The van der Waals surface area contributed by atoms with Gasteiger partial charge in [0.1, 0.15) is 0 Å². The maximum absolute atomic E-state index is 11.0. The molecule has 1 amide bonds. The highest BCUT2D eigenvalue weighted by atomic mass is 31.0. The third kappa shape index (κ3) is 2.56. The van der Waals surface area contributed by atoms with Crippen LogP contribution in [-0.2, 0) is 10.2 Å². The van der Waals surface area contributed by atoms with Crippen LogP contribution in [0, 0.1) is 0 Å². The molecule has 2 rings (SSSR count). The van der Waals surface area contributed by atoms with Gasteiger partial charge in [0, 0.05) is 13.1 Å². The number of carbonyl (C=O) groups excluding carboxylic acids is 1. The molecule has 0 saturated carbocycles. The fraction of sp³-hybridized carbons (Fsp3) is 0.462. The van der Waals surface area contributed by atoms with Crippen molar-refractivity contribution in [3.05, 3.63) is 29.8 Å². The van der Waals surface area contributed by atoms with Crippen LogP contribution in [0.3, 0.4) is 0 Å². The number of para-hydroxylation sites is 1. The molecule has 1 heterocycles. The largest absolute Gasteiger partial charge is 0.314 e. The van der Waals surface area contributed by atoms with Gasteiger partial charge >= 0.3 is 0 Å².